The van der Waals surface area contributed by atoms with Crippen LogP contribution in [-0.2, 0) is 7.05 Å². The van der Waals surface area contributed by atoms with Crippen LogP contribution >= 0.6 is 11.8 Å². The number of hydrogen-bond acceptors (Lipinski definition) is 4. The van der Waals surface area contributed by atoms with Gasteiger partial charge in [-0.3, -0.25) is 4.68 Å². The highest BCUT2D eigenvalue weighted by molar-refractivity contribution is 8.00. The second-order valence-corrected chi connectivity index (χ2v) is 5.02. The maximum atomic E-state index is 6.17. The maximum absolute atomic E-state index is 6.17. The summed E-state index contributed by atoms with van der Waals surface area (Å²) in [5, 5.41) is 4.57. The zero-order valence-corrected chi connectivity index (χ0v) is 9.20. The van der Waals surface area contributed by atoms with E-state index in [4.69, 9.17) is 5.73 Å². The monoisotopic (exact) mass is 212 g/mol. The van der Waals surface area contributed by atoms with Crippen LogP contribution in [0.2, 0.25) is 0 Å². The van der Waals surface area contributed by atoms with Crippen molar-refractivity contribution in [2.75, 3.05) is 5.75 Å². The number of aryl methyl sites for hydroxylation is 1. The molecule has 5 heteroatoms. The van der Waals surface area contributed by atoms with Gasteiger partial charge in [0.05, 0.1) is 6.04 Å². The Morgan fingerprint density at radius 2 is 2.50 bits per heavy atom. The molecule has 2 rings (SSSR count). The predicted molar refractivity (Wildman–Crippen MR) is 58.0 cm³/mol. The van der Waals surface area contributed by atoms with Gasteiger partial charge in [-0.05, 0) is 18.6 Å². The van der Waals surface area contributed by atoms with Crippen molar-refractivity contribution in [3.8, 4) is 0 Å². The van der Waals surface area contributed by atoms with E-state index in [2.05, 4.69) is 10.1 Å². The normalized spacial score (nSPS) is 24.9. The van der Waals surface area contributed by atoms with Gasteiger partial charge >= 0.3 is 0 Å². The highest BCUT2D eigenvalue weighted by atomic mass is 32.2. The lowest BCUT2D eigenvalue weighted by molar-refractivity contribution is 0.535. The van der Waals surface area contributed by atoms with Gasteiger partial charge in [-0.25, -0.2) is 4.98 Å². The van der Waals surface area contributed by atoms with E-state index in [0.717, 1.165) is 5.82 Å². The molecule has 2 atom stereocenters. The summed E-state index contributed by atoms with van der Waals surface area (Å²) in [6.45, 7) is 0. The van der Waals surface area contributed by atoms with E-state index in [-0.39, 0.29) is 6.04 Å². The summed E-state index contributed by atoms with van der Waals surface area (Å²) in [6.07, 6.45) is 5.40. The Bertz CT molecular complexity index is 293. The van der Waals surface area contributed by atoms with E-state index in [1.54, 1.807) is 11.0 Å². The molecule has 2 N–H and O–H groups in total. The molecule has 1 saturated heterocycles. The minimum absolute atomic E-state index is 0.0350. The Labute approximate surface area is 88.3 Å². The number of nitrogens with zero attached hydrogens (tertiary/aromatic N) is 3. The van der Waals surface area contributed by atoms with Crippen LogP contribution in [0.5, 0.6) is 0 Å². The van der Waals surface area contributed by atoms with Crippen molar-refractivity contribution in [1.82, 2.24) is 14.8 Å². The topological polar surface area (TPSA) is 56.7 Å². The first-order valence-electron chi connectivity index (χ1n) is 5.00. The molecule has 0 aromatic carbocycles. The van der Waals surface area contributed by atoms with Crippen LogP contribution in [0.25, 0.3) is 0 Å². The molecule has 1 aromatic rings. The molecule has 1 aromatic heterocycles. The molecule has 0 bridgehead atoms. The maximum Gasteiger partial charge on any atom is 0.144 e. The summed E-state index contributed by atoms with van der Waals surface area (Å²) in [6, 6.07) is 0.0350. The van der Waals surface area contributed by atoms with Crippen LogP contribution in [0.15, 0.2) is 6.33 Å². The zero-order valence-electron chi connectivity index (χ0n) is 8.39. The third kappa shape index (κ3) is 1.93. The smallest absolute Gasteiger partial charge is 0.144 e. The molecule has 78 valence electrons. The number of hydrogen-bond donors (Lipinski definition) is 1. The molecule has 1 aliphatic heterocycles. The number of nitrogens with two attached hydrogens (primary N) is 1. The number of aromatic nitrogens is 3. The zero-order chi connectivity index (χ0) is 9.97. The summed E-state index contributed by atoms with van der Waals surface area (Å²) in [7, 11) is 1.90. The van der Waals surface area contributed by atoms with E-state index in [1.807, 2.05) is 18.8 Å². The Balaban J connectivity index is 2.07. The highest BCUT2D eigenvalue weighted by Gasteiger charge is 2.25. The van der Waals surface area contributed by atoms with Crippen LogP contribution in [-0.4, -0.2) is 25.8 Å². The van der Waals surface area contributed by atoms with Gasteiger partial charge in [-0.2, -0.15) is 16.9 Å². The fourth-order valence-electron chi connectivity index (χ4n) is 1.82. The molecule has 1 fully saturated rings. The molecule has 1 aliphatic rings. The van der Waals surface area contributed by atoms with Crippen molar-refractivity contribution >= 4 is 11.8 Å². The lowest BCUT2D eigenvalue weighted by Gasteiger charge is -2.26. The summed E-state index contributed by atoms with van der Waals surface area (Å²) in [5.74, 6) is 2.14. The van der Waals surface area contributed by atoms with E-state index >= 15 is 0 Å². The van der Waals surface area contributed by atoms with Crippen molar-refractivity contribution in [2.45, 2.75) is 30.6 Å². The standard InChI is InChI=1S/C9H16N4S/c1-13-9(11-6-12-13)8(10)7-4-2-3-5-14-7/h6-8H,2-5,10H2,1H3. The second kappa shape index (κ2) is 4.31. The summed E-state index contributed by atoms with van der Waals surface area (Å²) >= 11 is 1.97. The molecule has 0 amide bonds. The third-order valence-corrected chi connectivity index (χ3v) is 4.14. The van der Waals surface area contributed by atoms with Gasteiger partial charge in [0.15, 0.2) is 0 Å². The lowest BCUT2D eigenvalue weighted by atomic mass is 10.1. The third-order valence-electron chi connectivity index (χ3n) is 2.66. The molecule has 2 unspecified atom stereocenters. The fraction of sp³-hybridized carbons (Fsp3) is 0.778. The first-order valence-corrected chi connectivity index (χ1v) is 6.05. The summed E-state index contributed by atoms with van der Waals surface area (Å²) < 4.78 is 1.78. The van der Waals surface area contributed by atoms with Crippen LogP contribution in [0.3, 0.4) is 0 Å². The first-order chi connectivity index (χ1) is 6.79. The fourth-order valence-corrected chi connectivity index (χ4v) is 3.16. The van der Waals surface area contributed by atoms with Crippen LogP contribution in [0.4, 0.5) is 0 Å². The molecule has 0 spiro atoms. The van der Waals surface area contributed by atoms with E-state index in [9.17, 15) is 0 Å². The van der Waals surface area contributed by atoms with Crippen molar-refractivity contribution in [3.63, 3.8) is 0 Å². The van der Waals surface area contributed by atoms with Crippen molar-refractivity contribution < 1.29 is 0 Å². The highest BCUT2D eigenvalue weighted by Crippen LogP contribution is 2.32. The van der Waals surface area contributed by atoms with Gasteiger partial charge < -0.3 is 5.73 Å². The van der Waals surface area contributed by atoms with Crippen molar-refractivity contribution in [3.05, 3.63) is 12.2 Å². The van der Waals surface area contributed by atoms with Crippen molar-refractivity contribution in [1.29, 1.82) is 0 Å². The lowest BCUT2D eigenvalue weighted by Crippen LogP contribution is -2.28. The molecule has 2 heterocycles. The van der Waals surface area contributed by atoms with Crippen LogP contribution in [0.1, 0.15) is 31.1 Å². The predicted octanol–water partition coefficient (Wildman–Crippen LogP) is 1.10. The number of rotatable bonds is 2. The quantitative estimate of drug-likeness (QED) is 0.797. The van der Waals surface area contributed by atoms with E-state index in [1.165, 1.54) is 25.0 Å². The largest absolute Gasteiger partial charge is 0.320 e. The SMILES string of the molecule is Cn1ncnc1C(N)C1CCCCS1. The van der Waals surface area contributed by atoms with Gasteiger partial charge in [-0.1, -0.05) is 6.42 Å². The van der Waals surface area contributed by atoms with Gasteiger partial charge in [0.25, 0.3) is 0 Å². The van der Waals surface area contributed by atoms with E-state index in [0.29, 0.717) is 5.25 Å². The van der Waals surface area contributed by atoms with Gasteiger partial charge in [0.2, 0.25) is 0 Å². The summed E-state index contributed by atoms with van der Waals surface area (Å²) in [4.78, 5) is 4.20. The Morgan fingerprint density at radius 1 is 1.64 bits per heavy atom. The minimum Gasteiger partial charge on any atom is -0.320 e. The molecule has 0 radical (unpaired) electrons. The van der Waals surface area contributed by atoms with Crippen LogP contribution < -0.4 is 5.73 Å². The summed E-state index contributed by atoms with van der Waals surface area (Å²) in [5.41, 5.74) is 6.17. The Kier molecular flexibility index (Phi) is 3.08. The average Bonchev–Trinajstić information content (AvgIpc) is 2.65. The minimum atomic E-state index is 0.0350. The first kappa shape index (κ1) is 9.98. The average molecular weight is 212 g/mol. The molecule has 0 aliphatic carbocycles. The van der Waals surface area contributed by atoms with Gasteiger partial charge in [-0.15, -0.1) is 0 Å². The van der Waals surface area contributed by atoms with E-state index < -0.39 is 0 Å². The Morgan fingerprint density at radius 3 is 3.07 bits per heavy atom. The van der Waals surface area contributed by atoms with Gasteiger partial charge in [0, 0.05) is 12.3 Å². The molecular formula is C9H16N4S. The number of thioether (sulfide) groups is 1. The molecule has 4 nitrogen and oxygen atoms in total. The van der Waals surface area contributed by atoms with Crippen LogP contribution in [0, 0.1) is 0 Å². The van der Waals surface area contributed by atoms with Crippen molar-refractivity contribution in [2.24, 2.45) is 12.8 Å². The van der Waals surface area contributed by atoms with Gasteiger partial charge in [0.1, 0.15) is 12.2 Å². The molecular weight excluding hydrogens is 196 g/mol. The second-order valence-electron chi connectivity index (χ2n) is 3.67. The molecule has 14 heavy (non-hydrogen) atoms. The molecule has 0 saturated carbocycles. The Hall–Kier alpha value is -0.550.